The smallest absolute Gasteiger partial charge is 0.115 e. The number of aromatic hydroxyl groups is 1. The maximum atomic E-state index is 9.72. The molecule has 124 valence electrons. The van der Waals surface area contributed by atoms with Gasteiger partial charge < -0.3 is 5.11 Å². The predicted molar refractivity (Wildman–Crippen MR) is 95.4 cm³/mol. The van der Waals surface area contributed by atoms with Crippen LogP contribution < -0.4 is 0 Å². The molecule has 2 aliphatic rings. The van der Waals surface area contributed by atoms with Gasteiger partial charge in [0.1, 0.15) is 5.75 Å². The molecular weight excluding hydrogens is 268 g/mol. The van der Waals surface area contributed by atoms with E-state index in [-0.39, 0.29) is 0 Å². The number of rotatable bonds is 0. The molecule has 1 N–H and O–H groups in total. The number of phenols is 1. The van der Waals surface area contributed by atoms with Crippen molar-refractivity contribution in [3.8, 4) is 5.75 Å². The van der Waals surface area contributed by atoms with E-state index >= 15 is 0 Å². The first-order valence-electron chi connectivity index (χ1n) is 9.47. The van der Waals surface area contributed by atoms with E-state index in [2.05, 4.69) is 19.9 Å². The first kappa shape index (κ1) is 17.4. The van der Waals surface area contributed by atoms with Crippen LogP contribution in [0.3, 0.4) is 0 Å². The Labute approximate surface area is 137 Å². The van der Waals surface area contributed by atoms with Crippen LogP contribution in [0.4, 0.5) is 0 Å². The minimum Gasteiger partial charge on any atom is -0.508 e. The van der Waals surface area contributed by atoms with Gasteiger partial charge in [0.05, 0.1) is 0 Å². The van der Waals surface area contributed by atoms with Crippen LogP contribution in [-0.2, 0) is 6.42 Å². The summed E-state index contributed by atoms with van der Waals surface area (Å²) in [6, 6.07) is 6.10. The molecule has 0 amide bonds. The summed E-state index contributed by atoms with van der Waals surface area (Å²) in [5.74, 6) is 3.78. The lowest BCUT2D eigenvalue weighted by atomic mass is 9.68. The molecule has 22 heavy (non-hydrogen) atoms. The van der Waals surface area contributed by atoms with E-state index in [1.807, 2.05) is 26.0 Å². The third kappa shape index (κ3) is 3.86. The third-order valence-electron chi connectivity index (χ3n) is 5.85. The van der Waals surface area contributed by atoms with Gasteiger partial charge in [0.25, 0.3) is 0 Å². The monoisotopic (exact) mass is 302 g/mol. The zero-order valence-electron chi connectivity index (χ0n) is 14.9. The molecule has 2 aliphatic carbocycles. The van der Waals surface area contributed by atoms with Crippen molar-refractivity contribution >= 4 is 0 Å². The van der Waals surface area contributed by atoms with Crippen LogP contribution in [0.5, 0.6) is 5.75 Å². The van der Waals surface area contributed by atoms with Crippen LogP contribution >= 0.6 is 0 Å². The van der Waals surface area contributed by atoms with E-state index in [1.165, 1.54) is 44.1 Å². The summed E-state index contributed by atoms with van der Waals surface area (Å²) in [6.07, 6.45) is 9.39. The van der Waals surface area contributed by atoms with Gasteiger partial charge in [0.15, 0.2) is 0 Å². The predicted octanol–water partition coefficient (Wildman–Crippen LogP) is 6.30. The molecule has 1 heteroatoms. The summed E-state index contributed by atoms with van der Waals surface area (Å²) in [5.41, 5.74) is 2.95. The topological polar surface area (TPSA) is 20.2 Å². The molecule has 1 aromatic carbocycles. The Morgan fingerprint density at radius 3 is 2.50 bits per heavy atom. The normalized spacial score (nSPS) is 31.5. The van der Waals surface area contributed by atoms with Crippen molar-refractivity contribution in [3.63, 3.8) is 0 Å². The van der Waals surface area contributed by atoms with E-state index in [0.717, 1.165) is 30.1 Å². The second kappa shape index (κ2) is 8.04. The minimum atomic E-state index is 0.437. The Hall–Kier alpha value is -0.980. The zero-order chi connectivity index (χ0) is 16.1. The number of hydrogen-bond acceptors (Lipinski definition) is 1. The largest absolute Gasteiger partial charge is 0.508 e. The molecule has 3 rings (SSSR count). The Bertz CT molecular complexity index is 465. The highest BCUT2D eigenvalue weighted by Gasteiger charge is 2.33. The molecule has 1 nitrogen and oxygen atoms in total. The van der Waals surface area contributed by atoms with E-state index in [4.69, 9.17) is 0 Å². The fourth-order valence-electron chi connectivity index (χ4n) is 4.57. The number of aryl methyl sites for hydroxylation is 1. The van der Waals surface area contributed by atoms with Crippen LogP contribution in [0.1, 0.15) is 83.3 Å². The number of phenolic OH excluding ortho intramolecular Hbond substituents is 1. The Morgan fingerprint density at radius 1 is 0.955 bits per heavy atom. The highest BCUT2D eigenvalue weighted by Crippen LogP contribution is 2.46. The molecule has 1 fully saturated rings. The first-order chi connectivity index (χ1) is 10.6. The summed E-state index contributed by atoms with van der Waals surface area (Å²) in [5, 5.41) is 9.72. The molecule has 0 radical (unpaired) electrons. The molecular formula is C21H34O. The molecule has 1 saturated carbocycles. The third-order valence-corrected chi connectivity index (χ3v) is 5.85. The van der Waals surface area contributed by atoms with Crippen molar-refractivity contribution in [2.45, 2.75) is 78.6 Å². The van der Waals surface area contributed by atoms with E-state index in [0.29, 0.717) is 5.75 Å². The van der Waals surface area contributed by atoms with E-state index in [9.17, 15) is 5.11 Å². The van der Waals surface area contributed by atoms with E-state index < -0.39 is 0 Å². The molecule has 4 unspecified atom stereocenters. The molecule has 0 bridgehead atoms. The second-order valence-corrected chi connectivity index (χ2v) is 7.28. The van der Waals surface area contributed by atoms with Gasteiger partial charge in [-0.05, 0) is 66.2 Å². The Morgan fingerprint density at radius 2 is 1.73 bits per heavy atom. The van der Waals surface area contributed by atoms with Crippen molar-refractivity contribution < 1.29 is 5.11 Å². The average molecular weight is 303 g/mol. The molecule has 1 aromatic rings. The van der Waals surface area contributed by atoms with Gasteiger partial charge in [-0.3, -0.25) is 0 Å². The van der Waals surface area contributed by atoms with Crippen LogP contribution in [0.2, 0.25) is 0 Å². The van der Waals surface area contributed by atoms with Crippen LogP contribution in [0.15, 0.2) is 18.2 Å². The number of benzene rings is 1. The minimum absolute atomic E-state index is 0.437. The SMILES string of the molecule is CC.CC1CCCC2c3ccc(O)cc3CCC2C(C)CC1. The Kier molecular flexibility index (Phi) is 6.35. The van der Waals surface area contributed by atoms with Gasteiger partial charge in [-0.2, -0.15) is 0 Å². The highest BCUT2D eigenvalue weighted by atomic mass is 16.3. The molecule has 0 aliphatic heterocycles. The standard InChI is InChI=1S/C19H28O.C2H6/c1-13-4-3-5-19-17(14(2)7-6-13)10-8-15-12-16(20)9-11-18(15)19;1-2/h9,11-14,17,19-20H,3-8,10H2,1-2H3;1-2H3. The quantitative estimate of drug-likeness (QED) is 0.596. The lowest BCUT2D eigenvalue weighted by Crippen LogP contribution is -2.26. The maximum absolute atomic E-state index is 9.72. The lowest BCUT2D eigenvalue weighted by Gasteiger charge is -2.37. The van der Waals surface area contributed by atoms with Crippen LogP contribution in [-0.4, -0.2) is 5.11 Å². The lowest BCUT2D eigenvalue weighted by molar-refractivity contribution is 0.243. The summed E-state index contributed by atoms with van der Waals surface area (Å²) in [6.45, 7) is 8.90. The van der Waals surface area contributed by atoms with Gasteiger partial charge in [-0.25, -0.2) is 0 Å². The molecule has 4 atom stereocenters. The van der Waals surface area contributed by atoms with Gasteiger partial charge in [0, 0.05) is 0 Å². The number of fused-ring (bicyclic) bond motifs is 3. The van der Waals surface area contributed by atoms with E-state index in [1.54, 1.807) is 5.56 Å². The van der Waals surface area contributed by atoms with Crippen molar-refractivity contribution in [2.75, 3.05) is 0 Å². The summed E-state index contributed by atoms with van der Waals surface area (Å²) < 4.78 is 0. The fourth-order valence-corrected chi connectivity index (χ4v) is 4.57. The van der Waals surface area contributed by atoms with Gasteiger partial charge >= 0.3 is 0 Å². The molecule has 0 saturated heterocycles. The second-order valence-electron chi connectivity index (χ2n) is 7.28. The fraction of sp³-hybridized carbons (Fsp3) is 0.714. The van der Waals surface area contributed by atoms with Crippen molar-refractivity contribution in [2.24, 2.45) is 17.8 Å². The van der Waals surface area contributed by atoms with Crippen LogP contribution in [0, 0.1) is 17.8 Å². The summed E-state index contributed by atoms with van der Waals surface area (Å²) in [7, 11) is 0. The molecule has 0 heterocycles. The first-order valence-corrected chi connectivity index (χ1v) is 9.47. The van der Waals surface area contributed by atoms with Crippen molar-refractivity contribution in [1.82, 2.24) is 0 Å². The van der Waals surface area contributed by atoms with Gasteiger partial charge in [-0.15, -0.1) is 0 Å². The summed E-state index contributed by atoms with van der Waals surface area (Å²) in [4.78, 5) is 0. The molecule has 0 aromatic heterocycles. The number of hydrogen-bond donors (Lipinski definition) is 1. The molecule has 0 spiro atoms. The summed E-state index contributed by atoms with van der Waals surface area (Å²) >= 11 is 0. The van der Waals surface area contributed by atoms with Crippen molar-refractivity contribution in [1.29, 1.82) is 0 Å². The maximum Gasteiger partial charge on any atom is 0.115 e. The van der Waals surface area contributed by atoms with Crippen LogP contribution in [0.25, 0.3) is 0 Å². The average Bonchev–Trinajstić information content (AvgIpc) is 2.60. The zero-order valence-corrected chi connectivity index (χ0v) is 14.9. The van der Waals surface area contributed by atoms with Crippen molar-refractivity contribution in [3.05, 3.63) is 29.3 Å². The van der Waals surface area contributed by atoms with Gasteiger partial charge in [-0.1, -0.05) is 59.4 Å². The van der Waals surface area contributed by atoms with Gasteiger partial charge in [0.2, 0.25) is 0 Å². The Balaban J connectivity index is 0.000000847. The highest BCUT2D eigenvalue weighted by molar-refractivity contribution is 5.39.